The number of para-hydroxylation sites is 4. The lowest BCUT2D eigenvalue weighted by Crippen LogP contribution is -2.27. The number of anilines is 1. The van der Waals surface area contributed by atoms with Gasteiger partial charge in [0.2, 0.25) is 12.2 Å². The summed E-state index contributed by atoms with van der Waals surface area (Å²) >= 11 is 0. The summed E-state index contributed by atoms with van der Waals surface area (Å²) in [6, 6.07) is 59.5. The number of aromatic nitrogens is 2. The average molecular weight is 745 g/mol. The second-order valence-electron chi connectivity index (χ2n) is 15.8. The van der Waals surface area contributed by atoms with E-state index in [-0.39, 0.29) is 0 Å². The second kappa shape index (κ2) is 11.8. The molecule has 3 aromatic heterocycles. The lowest BCUT2D eigenvalue weighted by atomic mass is 9.86. The van der Waals surface area contributed by atoms with Gasteiger partial charge in [-0.05, 0) is 99.8 Å². The predicted molar refractivity (Wildman–Crippen MR) is 240 cm³/mol. The molecule has 1 unspecified atom stereocenters. The lowest BCUT2D eigenvalue weighted by Gasteiger charge is -2.26. The zero-order valence-corrected chi connectivity index (χ0v) is 31.8. The Kier molecular flexibility index (Phi) is 6.48. The summed E-state index contributed by atoms with van der Waals surface area (Å²) in [5.74, 6) is 1.58. The molecule has 11 aromatic rings. The fourth-order valence-electron chi connectivity index (χ4n) is 10.4. The van der Waals surface area contributed by atoms with Gasteiger partial charge in [-0.1, -0.05) is 133 Å². The van der Waals surface area contributed by atoms with Crippen molar-refractivity contribution in [3.63, 3.8) is 0 Å². The summed E-state index contributed by atoms with van der Waals surface area (Å²) in [6.45, 7) is 2.33. The third-order valence-corrected chi connectivity index (χ3v) is 12.9. The summed E-state index contributed by atoms with van der Waals surface area (Å²) in [5.41, 5.74) is 15.5. The summed E-state index contributed by atoms with van der Waals surface area (Å²) in [7, 11) is 0. The second-order valence-corrected chi connectivity index (χ2v) is 15.8. The van der Waals surface area contributed by atoms with Gasteiger partial charge in [-0.3, -0.25) is 4.57 Å². The number of furan rings is 1. The number of benzene rings is 8. The third kappa shape index (κ3) is 4.28. The van der Waals surface area contributed by atoms with Crippen LogP contribution in [0.25, 0.3) is 87.6 Å². The molecular weight excluding hydrogens is 709 g/mol. The van der Waals surface area contributed by atoms with E-state index in [4.69, 9.17) is 9.41 Å². The maximum absolute atomic E-state index is 6.76. The molecule has 58 heavy (non-hydrogen) atoms. The van der Waals surface area contributed by atoms with Gasteiger partial charge < -0.3 is 14.3 Å². The molecule has 2 aliphatic rings. The molecule has 0 radical (unpaired) electrons. The Morgan fingerprint density at radius 2 is 1.21 bits per heavy atom. The van der Waals surface area contributed by atoms with E-state index in [1.54, 1.807) is 0 Å². The van der Waals surface area contributed by atoms with Crippen molar-refractivity contribution in [2.75, 3.05) is 5.32 Å². The number of aryl methyl sites for hydroxylation is 2. The minimum absolute atomic E-state index is 0.523. The number of fused-ring (bicyclic) bond motifs is 18. The van der Waals surface area contributed by atoms with Crippen molar-refractivity contribution in [2.45, 2.75) is 26.1 Å². The third-order valence-electron chi connectivity index (χ3n) is 12.9. The van der Waals surface area contributed by atoms with Crippen LogP contribution < -0.4 is 5.32 Å². The highest BCUT2D eigenvalue weighted by atomic mass is 16.4. The fraction of sp³-hybridized carbons (Fsp3) is 0.0755. The number of hydrogen-bond donors (Lipinski definition) is 1. The number of hydrogen-bond acceptors (Lipinski definition) is 3. The van der Waals surface area contributed by atoms with Crippen LogP contribution in [0.3, 0.4) is 0 Å². The molecule has 13 rings (SSSR count). The van der Waals surface area contributed by atoms with Crippen LogP contribution in [0.5, 0.6) is 0 Å². The zero-order valence-electron chi connectivity index (χ0n) is 31.8. The van der Waals surface area contributed by atoms with Crippen LogP contribution in [0.15, 0.2) is 173 Å². The number of nitrogens with zero attached hydrogens (tertiary/aromatic N) is 3. The van der Waals surface area contributed by atoms with Crippen molar-refractivity contribution in [1.82, 2.24) is 9.13 Å². The average Bonchev–Trinajstić information content (AvgIpc) is 3.93. The van der Waals surface area contributed by atoms with Crippen LogP contribution in [0.1, 0.15) is 28.5 Å². The van der Waals surface area contributed by atoms with Crippen LogP contribution in [-0.4, -0.2) is 15.0 Å². The van der Waals surface area contributed by atoms with Crippen molar-refractivity contribution in [3.05, 3.63) is 186 Å². The Balaban J connectivity index is 1.17. The summed E-state index contributed by atoms with van der Waals surface area (Å²) < 4.78 is 11.5. The molecule has 2 bridgehead atoms. The number of rotatable bonds is 1. The predicted octanol–water partition coefficient (Wildman–Crippen LogP) is 13.4. The monoisotopic (exact) mass is 744 g/mol. The van der Waals surface area contributed by atoms with Gasteiger partial charge >= 0.3 is 0 Å². The first-order chi connectivity index (χ1) is 28.7. The van der Waals surface area contributed by atoms with Crippen LogP contribution >= 0.6 is 0 Å². The largest absolute Gasteiger partial charge is 0.440 e. The Labute approximate surface area is 334 Å². The molecule has 0 amide bonds. The van der Waals surface area contributed by atoms with Gasteiger partial charge in [0.15, 0.2) is 0 Å². The first-order valence-corrected chi connectivity index (χ1v) is 20.2. The van der Waals surface area contributed by atoms with E-state index in [1.165, 1.54) is 71.3 Å². The molecule has 0 fully saturated rings. The van der Waals surface area contributed by atoms with Gasteiger partial charge in [-0.2, -0.15) is 0 Å². The minimum atomic E-state index is -0.523. The quantitative estimate of drug-likeness (QED) is 0.182. The van der Waals surface area contributed by atoms with Crippen molar-refractivity contribution in [3.8, 4) is 22.3 Å². The topological polar surface area (TPSA) is 47.4 Å². The van der Waals surface area contributed by atoms with E-state index >= 15 is 0 Å². The Morgan fingerprint density at radius 1 is 0.552 bits per heavy atom. The SMILES string of the molecule is Cc1c2cc3c(c1-c1ccc4ccccc4c1CCc1ccccc1-2)c1ccccc1n3C1N=C(n2c3ccccc3c3ccccc32)c2c(oc3ccccc23)N1. The molecule has 1 atom stereocenters. The normalized spacial score (nSPS) is 14.9. The molecule has 0 saturated carbocycles. The zero-order chi connectivity index (χ0) is 38.1. The highest BCUT2D eigenvalue weighted by molar-refractivity contribution is 6.23. The lowest BCUT2D eigenvalue weighted by molar-refractivity contribution is 0.558. The molecule has 0 saturated heterocycles. The molecular formula is C53H36N4O. The summed E-state index contributed by atoms with van der Waals surface area (Å²) in [5, 5.41) is 12.3. The molecule has 0 spiro atoms. The van der Waals surface area contributed by atoms with Crippen molar-refractivity contribution >= 4 is 77.1 Å². The smallest absolute Gasteiger partial charge is 0.208 e. The molecule has 8 aromatic carbocycles. The van der Waals surface area contributed by atoms with Crippen LogP contribution in [0.2, 0.25) is 0 Å². The van der Waals surface area contributed by atoms with Gasteiger partial charge in [0.25, 0.3) is 0 Å². The minimum Gasteiger partial charge on any atom is -0.440 e. The number of aliphatic imine (C=N–C) groups is 1. The van der Waals surface area contributed by atoms with E-state index in [0.717, 1.165) is 63.2 Å². The van der Waals surface area contributed by atoms with Crippen LogP contribution in [-0.2, 0) is 12.8 Å². The van der Waals surface area contributed by atoms with Crippen molar-refractivity contribution < 1.29 is 4.42 Å². The van der Waals surface area contributed by atoms with Gasteiger partial charge in [-0.25, -0.2) is 4.99 Å². The van der Waals surface area contributed by atoms with Crippen LogP contribution in [0, 0.1) is 6.92 Å². The molecule has 1 N–H and O–H groups in total. The fourth-order valence-corrected chi connectivity index (χ4v) is 10.4. The van der Waals surface area contributed by atoms with Gasteiger partial charge in [0.1, 0.15) is 11.4 Å². The highest BCUT2D eigenvalue weighted by Gasteiger charge is 2.33. The van der Waals surface area contributed by atoms with Gasteiger partial charge in [0.05, 0.1) is 27.6 Å². The Morgan fingerprint density at radius 3 is 2.02 bits per heavy atom. The van der Waals surface area contributed by atoms with E-state index in [1.807, 2.05) is 6.07 Å². The first kappa shape index (κ1) is 31.8. The Bertz CT molecular complexity index is 3520. The van der Waals surface area contributed by atoms with Gasteiger partial charge in [0, 0.05) is 26.9 Å². The van der Waals surface area contributed by atoms with E-state index in [9.17, 15) is 0 Å². The molecule has 5 heteroatoms. The maximum atomic E-state index is 6.76. The van der Waals surface area contributed by atoms with Crippen molar-refractivity contribution in [2.24, 2.45) is 4.99 Å². The van der Waals surface area contributed by atoms with E-state index < -0.39 is 6.29 Å². The maximum Gasteiger partial charge on any atom is 0.208 e. The molecule has 4 heterocycles. The van der Waals surface area contributed by atoms with E-state index in [2.05, 4.69) is 179 Å². The highest BCUT2D eigenvalue weighted by Crippen LogP contribution is 2.49. The Hall–Kier alpha value is -7.37. The van der Waals surface area contributed by atoms with Crippen LogP contribution in [0.4, 0.5) is 5.88 Å². The summed E-state index contributed by atoms with van der Waals surface area (Å²) in [6.07, 6.45) is 1.40. The molecule has 5 nitrogen and oxygen atoms in total. The first-order valence-electron chi connectivity index (χ1n) is 20.2. The van der Waals surface area contributed by atoms with Gasteiger partial charge in [-0.15, -0.1) is 0 Å². The van der Waals surface area contributed by atoms with E-state index in [0.29, 0.717) is 0 Å². The van der Waals surface area contributed by atoms with Crippen molar-refractivity contribution in [1.29, 1.82) is 0 Å². The molecule has 1 aliphatic carbocycles. The standard InChI is InChI=1S/C53H36N4O/c1-31-42-30-46-49(48(31)39-29-27-32-14-2-4-16-34(32)36(39)28-26-33-15-3-5-17-35(33)42)40-20-8-12-24-45(40)57(46)53-54-51(50-41-21-9-13-25-47(41)58-52(50)55-53)56-43-22-10-6-18-37(43)38-19-7-11-23-44(38)56/h2-25,27,29-30,53,55H,26,28H2,1H3. The summed E-state index contributed by atoms with van der Waals surface area (Å²) in [4.78, 5) is 5.82. The number of nitrogens with one attached hydrogen (secondary N) is 1. The molecule has 1 aliphatic heterocycles. The molecule has 274 valence electrons.